The maximum atomic E-state index is 10.9. The van der Waals surface area contributed by atoms with E-state index in [-0.39, 0.29) is 16.6 Å². The van der Waals surface area contributed by atoms with E-state index in [1.165, 1.54) is 11.1 Å². The summed E-state index contributed by atoms with van der Waals surface area (Å²) in [5, 5.41) is 10.9. The van der Waals surface area contributed by atoms with E-state index >= 15 is 0 Å². The molecule has 0 saturated heterocycles. The van der Waals surface area contributed by atoms with Gasteiger partial charge in [-0.2, -0.15) is 0 Å². The fourth-order valence-electron chi connectivity index (χ4n) is 5.80. The van der Waals surface area contributed by atoms with E-state index in [2.05, 4.69) is 94.6 Å². The Morgan fingerprint density at radius 1 is 0.595 bits per heavy atom. The summed E-state index contributed by atoms with van der Waals surface area (Å²) < 4.78 is 2.15. The molecule has 4 nitrogen and oxygen atoms in total. The molecule has 210 valence electrons. The lowest BCUT2D eigenvalue weighted by Gasteiger charge is -2.30. The molecule has 0 unspecified atom stereocenters. The maximum absolute atomic E-state index is 10.9. The van der Waals surface area contributed by atoms with Gasteiger partial charge in [-0.05, 0) is 76.1 Å². The summed E-state index contributed by atoms with van der Waals surface area (Å²) in [7, 11) is 0. The number of benzene rings is 4. The Labute approximate surface area is 248 Å². The molecule has 4 aromatic carbocycles. The second-order valence-corrected chi connectivity index (χ2v) is 13.0. The summed E-state index contributed by atoms with van der Waals surface area (Å²) >= 11 is 0. The number of aromatic nitrogens is 3. The van der Waals surface area contributed by atoms with Gasteiger partial charge in [0.1, 0.15) is 11.6 Å². The van der Waals surface area contributed by atoms with Gasteiger partial charge in [-0.25, -0.2) is 4.98 Å². The van der Waals surface area contributed by atoms with Crippen molar-refractivity contribution in [2.24, 2.45) is 0 Å². The third-order valence-corrected chi connectivity index (χ3v) is 7.85. The van der Waals surface area contributed by atoms with Crippen LogP contribution in [0.2, 0.25) is 0 Å². The molecule has 0 aliphatic rings. The van der Waals surface area contributed by atoms with Crippen molar-refractivity contribution in [3.8, 4) is 45.2 Å². The molecule has 0 saturated carbocycles. The van der Waals surface area contributed by atoms with E-state index in [4.69, 9.17) is 9.97 Å². The summed E-state index contributed by atoms with van der Waals surface area (Å²) in [5.74, 6) is 0.907. The lowest BCUT2D eigenvalue weighted by molar-refractivity contribution is 0.477. The fourth-order valence-corrected chi connectivity index (χ4v) is 5.80. The first kappa shape index (κ1) is 27.5. The Kier molecular flexibility index (Phi) is 6.73. The van der Waals surface area contributed by atoms with Crippen LogP contribution in [-0.4, -0.2) is 19.6 Å². The SMILES string of the molecule is CC(C)(C)c1cc(C(C)(C)C)c(-c2cccc3c2nc(-c2ccccc2O)n3-c2ccccc2)cc1-c1ccccn1. The molecule has 2 aromatic heterocycles. The minimum absolute atomic E-state index is 0.0791. The van der Waals surface area contributed by atoms with Gasteiger partial charge in [0.05, 0.1) is 22.3 Å². The minimum atomic E-state index is -0.122. The quantitative estimate of drug-likeness (QED) is 0.237. The molecule has 0 radical (unpaired) electrons. The molecule has 0 aliphatic heterocycles. The van der Waals surface area contributed by atoms with Crippen LogP contribution in [0.4, 0.5) is 0 Å². The zero-order valence-corrected chi connectivity index (χ0v) is 25.2. The van der Waals surface area contributed by atoms with E-state index in [1.54, 1.807) is 6.07 Å². The van der Waals surface area contributed by atoms with Gasteiger partial charge < -0.3 is 5.11 Å². The number of hydrogen-bond donors (Lipinski definition) is 1. The third kappa shape index (κ3) is 4.87. The van der Waals surface area contributed by atoms with Crippen molar-refractivity contribution in [1.82, 2.24) is 14.5 Å². The Balaban J connectivity index is 1.72. The molecule has 6 aromatic rings. The minimum Gasteiger partial charge on any atom is -0.507 e. The molecule has 0 spiro atoms. The number of para-hydroxylation sites is 3. The summed E-state index contributed by atoms with van der Waals surface area (Å²) in [6.45, 7) is 13.6. The van der Waals surface area contributed by atoms with Gasteiger partial charge in [0, 0.05) is 23.0 Å². The molecular formula is C38H37N3O. The first-order chi connectivity index (χ1) is 20.0. The Morgan fingerprint density at radius 3 is 1.90 bits per heavy atom. The number of phenolic OH excluding ortho intramolecular Hbond substituents is 1. The number of nitrogens with zero attached hydrogens (tertiary/aromatic N) is 3. The maximum Gasteiger partial charge on any atom is 0.149 e. The zero-order valence-electron chi connectivity index (χ0n) is 25.2. The lowest BCUT2D eigenvalue weighted by Crippen LogP contribution is -2.19. The number of phenols is 1. The van der Waals surface area contributed by atoms with Crippen molar-refractivity contribution in [3.63, 3.8) is 0 Å². The molecule has 0 fully saturated rings. The average Bonchev–Trinajstić information content (AvgIpc) is 3.36. The highest BCUT2D eigenvalue weighted by atomic mass is 16.3. The Hall–Kier alpha value is -4.70. The van der Waals surface area contributed by atoms with Crippen LogP contribution in [0.25, 0.3) is 50.5 Å². The van der Waals surface area contributed by atoms with Gasteiger partial charge in [0.2, 0.25) is 0 Å². The van der Waals surface area contributed by atoms with E-state index in [9.17, 15) is 5.11 Å². The van der Waals surface area contributed by atoms with Crippen LogP contribution in [-0.2, 0) is 10.8 Å². The van der Waals surface area contributed by atoms with Gasteiger partial charge in [0.15, 0.2) is 0 Å². The van der Waals surface area contributed by atoms with Crippen LogP contribution in [0.5, 0.6) is 5.75 Å². The molecule has 0 bridgehead atoms. The number of rotatable bonds is 4. The van der Waals surface area contributed by atoms with Gasteiger partial charge in [-0.3, -0.25) is 9.55 Å². The second-order valence-electron chi connectivity index (χ2n) is 13.0. The van der Waals surface area contributed by atoms with Gasteiger partial charge in [-0.1, -0.05) is 96.1 Å². The van der Waals surface area contributed by atoms with E-state index in [0.29, 0.717) is 11.4 Å². The summed E-state index contributed by atoms with van der Waals surface area (Å²) in [5.41, 5.74) is 10.2. The molecule has 0 atom stereocenters. The summed E-state index contributed by atoms with van der Waals surface area (Å²) in [6.07, 6.45) is 1.86. The highest BCUT2D eigenvalue weighted by molar-refractivity contribution is 5.97. The first-order valence-corrected chi connectivity index (χ1v) is 14.5. The first-order valence-electron chi connectivity index (χ1n) is 14.5. The smallest absolute Gasteiger partial charge is 0.149 e. The fraction of sp³-hybridized carbons (Fsp3) is 0.211. The molecule has 6 rings (SSSR count). The van der Waals surface area contributed by atoms with Gasteiger partial charge in [0.25, 0.3) is 0 Å². The van der Waals surface area contributed by atoms with E-state index < -0.39 is 0 Å². The number of pyridine rings is 1. The van der Waals surface area contributed by atoms with Crippen LogP contribution >= 0.6 is 0 Å². The summed E-state index contributed by atoms with van der Waals surface area (Å²) in [6, 6.07) is 34.8. The molecule has 0 aliphatic carbocycles. The molecule has 4 heteroatoms. The number of hydrogen-bond acceptors (Lipinski definition) is 3. The number of aromatic hydroxyl groups is 1. The third-order valence-electron chi connectivity index (χ3n) is 7.85. The van der Waals surface area contributed by atoms with Crippen molar-refractivity contribution >= 4 is 11.0 Å². The Morgan fingerprint density at radius 2 is 1.24 bits per heavy atom. The predicted molar refractivity (Wildman–Crippen MR) is 174 cm³/mol. The standard InChI is InChI=1S/C38H37N3O/c1-37(2,3)30-24-31(38(4,5)6)29(32-19-12-13-22-39-32)23-28(30)26-18-14-20-33-35(26)40-36(27-17-10-11-21-34(27)42)41(33)25-15-8-7-9-16-25/h7-24,42H,1-6H3. The van der Waals surface area contributed by atoms with E-state index in [1.807, 2.05) is 54.7 Å². The van der Waals surface area contributed by atoms with Gasteiger partial charge >= 0.3 is 0 Å². The predicted octanol–water partition coefficient (Wildman–Crippen LogP) is 9.72. The van der Waals surface area contributed by atoms with Crippen LogP contribution < -0.4 is 0 Å². The molecule has 2 heterocycles. The number of fused-ring (bicyclic) bond motifs is 1. The van der Waals surface area contributed by atoms with Gasteiger partial charge in [-0.15, -0.1) is 0 Å². The highest BCUT2D eigenvalue weighted by Crippen LogP contribution is 2.44. The molecular weight excluding hydrogens is 514 g/mol. The van der Waals surface area contributed by atoms with E-state index in [0.717, 1.165) is 39.1 Å². The monoisotopic (exact) mass is 551 g/mol. The van der Waals surface area contributed by atoms with Crippen LogP contribution in [0.15, 0.2) is 109 Å². The summed E-state index contributed by atoms with van der Waals surface area (Å²) in [4.78, 5) is 10.1. The Bertz CT molecular complexity index is 1890. The molecule has 42 heavy (non-hydrogen) atoms. The van der Waals surface area contributed by atoms with Crippen molar-refractivity contribution < 1.29 is 5.11 Å². The van der Waals surface area contributed by atoms with Crippen LogP contribution in [0.3, 0.4) is 0 Å². The second kappa shape index (κ2) is 10.3. The normalized spacial score (nSPS) is 12.1. The van der Waals surface area contributed by atoms with Crippen molar-refractivity contribution in [1.29, 1.82) is 0 Å². The van der Waals surface area contributed by atoms with Crippen LogP contribution in [0, 0.1) is 0 Å². The molecule has 0 amide bonds. The number of imidazole rings is 1. The topological polar surface area (TPSA) is 50.9 Å². The average molecular weight is 552 g/mol. The largest absolute Gasteiger partial charge is 0.507 e. The lowest BCUT2D eigenvalue weighted by atomic mass is 9.74. The highest BCUT2D eigenvalue weighted by Gasteiger charge is 2.28. The molecule has 1 N–H and O–H groups in total. The van der Waals surface area contributed by atoms with Crippen molar-refractivity contribution in [3.05, 3.63) is 120 Å². The van der Waals surface area contributed by atoms with Crippen LogP contribution in [0.1, 0.15) is 52.7 Å². The van der Waals surface area contributed by atoms with Crippen molar-refractivity contribution in [2.45, 2.75) is 52.4 Å². The zero-order chi connectivity index (χ0) is 29.6. The van der Waals surface area contributed by atoms with Crippen molar-refractivity contribution in [2.75, 3.05) is 0 Å².